The van der Waals surface area contributed by atoms with Gasteiger partial charge in [0.1, 0.15) is 11.5 Å². The average molecular weight is 428 g/mol. The van der Waals surface area contributed by atoms with Crippen molar-refractivity contribution in [3.8, 4) is 5.75 Å². The van der Waals surface area contributed by atoms with E-state index in [1.54, 1.807) is 22.9 Å². The Morgan fingerprint density at radius 1 is 1.23 bits per heavy atom. The number of aromatic nitrogens is 3. The van der Waals surface area contributed by atoms with E-state index in [-0.39, 0.29) is 6.09 Å². The summed E-state index contributed by atoms with van der Waals surface area (Å²) >= 11 is 1.63. The van der Waals surface area contributed by atoms with Crippen molar-refractivity contribution in [1.82, 2.24) is 24.9 Å². The second kappa shape index (κ2) is 9.82. The predicted octanol–water partition coefficient (Wildman–Crippen LogP) is 3.36. The first kappa shape index (κ1) is 20.5. The lowest BCUT2D eigenvalue weighted by Crippen LogP contribution is -2.49. The Bertz CT molecular complexity index is 934. The minimum atomic E-state index is -0.293. The summed E-state index contributed by atoms with van der Waals surface area (Å²) in [5.74, 6) is 2.27. The van der Waals surface area contributed by atoms with Crippen molar-refractivity contribution in [2.24, 2.45) is 0 Å². The molecule has 158 valence electrons. The van der Waals surface area contributed by atoms with E-state index in [9.17, 15) is 4.79 Å². The Labute approximate surface area is 179 Å². The van der Waals surface area contributed by atoms with Crippen LogP contribution in [0.25, 0.3) is 0 Å². The van der Waals surface area contributed by atoms with Crippen molar-refractivity contribution in [1.29, 1.82) is 0 Å². The molecule has 3 heterocycles. The summed E-state index contributed by atoms with van der Waals surface area (Å²) in [4.78, 5) is 23.8. The fraction of sp³-hybridized carbons (Fsp3) is 0.381. The van der Waals surface area contributed by atoms with Crippen LogP contribution in [0.3, 0.4) is 0 Å². The Morgan fingerprint density at radius 3 is 2.70 bits per heavy atom. The van der Waals surface area contributed by atoms with Gasteiger partial charge in [-0.1, -0.05) is 29.1 Å². The van der Waals surface area contributed by atoms with Crippen LogP contribution in [-0.4, -0.2) is 63.7 Å². The van der Waals surface area contributed by atoms with E-state index in [0.29, 0.717) is 18.8 Å². The number of benzene rings is 1. The molecule has 1 N–H and O–H groups in total. The molecule has 0 atom stereocenters. The largest absolute Gasteiger partial charge is 0.415 e. The summed E-state index contributed by atoms with van der Waals surface area (Å²) < 4.78 is 10.8. The highest BCUT2D eigenvalue weighted by Crippen LogP contribution is 2.21. The first-order valence-corrected chi connectivity index (χ1v) is 11.0. The molecule has 8 nitrogen and oxygen atoms in total. The molecule has 4 rings (SSSR count). The second-order valence-corrected chi connectivity index (χ2v) is 8.17. The number of hydrogen-bond acceptors (Lipinski definition) is 7. The van der Waals surface area contributed by atoms with Crippen molar-refractivity contribution >= 4 is 17.9 Å². The highest BCUT2D eigenvalue weighted by atomic mass is 32.2. The van der Waals surface area contributed by atoms with Crippen LogP contribution in [0.1, 0.15) is 17.0 Å². The van der Waals surface area contributed by atoms with Crippen LogP contribution in [-0.2, 0) is 12.2 Å². The summed E-state index contributed by atoms with van der Waals surface area (Å²) in [5.41, 5.74) is 2.05. The Kier molecular flexibility index (Phi) is 6.70. The first-order chi connectivity index (χ1) is 14.7. The normalized spacial score (nSPS) is 14.8. The highest BCUT2D eigenvalue weighted by Gasteiger charge is 2.22. The van der Waals surface area contributed by atoms with E-state index in [1.165, 1.54) is 0 Å². The highest BCUT2D eigenvalue weighted by molar-refractivity contribution is 7.98. The maximum Gasteiger partial charge on any atom is 0.415 e. The van der Waals surface area contributed by atoms with E-state index in [2.05, 4.69) is 20.0 Å². The lowest BCUT2D eigenvalue weighted by atomic mass is 10.2. The van der Waals surface area contributed by atoms with Crippen LogP contribution in [0.4, 0.5) is 4.79 Å². The second-order valence-electron chi connectivity index (χ2n) is 7.21. The number of rotatable bonds is 7. The molecule has 1 amide bonds. The van der Waals surface area contributed by atoms with Crippen molar-refractivity contribution < 1.29 is 14.1 Å². The van der Waals surface area contributed by atoms with Crippen LogP contribution >= 0.6 is 11.8 Å². The van der Waals surface area contributed by atoms with Crippen LogP contribution in [0.5, 0.6) is 5.75 Å². The number of carbonyl (C=O) groups excluding carboxylic acids is 1. The Balaban J connectivity index is 1.19. The standard InChI is InChI=1S/C21H25N5O3S/c1-16-14-19(29-24-16)6-9-25-10-12-26(13-11-25)21(27)28-18-4-2-17(3-5-18)15-30-20-22-7-8-23-20/h2-5,7-8,14H,6,9-13,15H2,1H3,(H,22,23). The lowest BCUT2D eigenvalue weighted by Gasteiger charge is -2.33. The molecule has 0 unspecified atom stereocenters. The number of ether oxygens (including phenoxy) is 1. The third-order valence-electron chi connectivity index (χ3n) is 4.96. The van der Waals surface area contributed by atoms with E-state index >= 15 is 0 Å². The Hall–Kier alpha value is -2.78. The molecule has 1 saturated heterocycles. The quantitative estimate of drug-likeness (QED) is 0.579. The maximum absolute atomic E-state index is 12.5. The smallest absolute Gasteiger partial charge is 0.410 e. The molecule has 1 aromatic carbocycles. The van der Waals surface area contributed by atoms with E-state index in [1.807, 2.05) is 43.5 Å². The molecule has 2 aromatic heterocycles. The molecule has 0 bridgehead atoms. The molecule has 9 heteroatoms. The molecule has 0 radical (unpaired) electrons. The lowest BCUT2D eigenvalue weighted by molar-refractivity contribution is 0.110. The molecule has 0 saturated carbocycles. The van der Waals surface area contributed by atoms with Gasteiger partial charge in [-0.05, 0) is 24.6 Å². The van der Waals surface area contributed by atoms with Gasteiger partial charge in [0, 0.05) is 63.4 Å². The SMILES string of the molecule is Cc1cc(CCN2CCN(C(=O)Oc3ccc(CSc4ncc[nH]4)cc3)CC2)on1. The van der Waals surface area contributed by atoms with E-state index < -0.39 is 0 Å². The maximum atomic E-state index is 12.5. The summed E-state index contributed by atoms with van der Waals surface area (Å²) in [6.07, 6.45) is 4.08. The third-order valence-corrected chi connectivity index (χ3v) is 5.93. The van der Waals surface area contributed by atoms with Crippen molar-refractivity contribution in [2.45, 2.75) is 24.3 Å². The number of piperazine rings is 1. The number of carbonyl (C=O) groups is 1. The molecule has 1 aliphatic heterocycles. The number of aryl methyl sites for hydroxylation is 1. The van der Waals surface area contributed by atoms with Gasteiger partial charge in [0.15, 0.2) is 5.16 Å². The number of aromatic amines is 1. The third kappa shape index (κ3) is 5.64. The number of nitrogens with one attached hydrogen (secondary N) is 1. The number of hydrogen-bond donors (Lipinski definition) is 1. The fourth-order valence-electron chi connectivity index (χ4n) is 3.26. The Morgan fingerprint density at radius 2 is 2.03 bits per heavy atom. The molecule has 0 spiro atoms. The summed E-state index contributed by atoms with van der Waals surface area (Å²) in [5, 5.41) is 4.80. The number of amides is 1. The van der Waals surface area contributed by atoms with Crippen molar-refractivity contribution in [3.05, 3.63) is 59.7 Å². The van der Waals surface area contributed by atoms with Crippen LogP contribution in [0.2, 0.25) is 0 Å². The van der Waals surface area contributed by atoms with Gasteiger partial charge >= 0.3 is 6.09 Å². The van der Waals surface area contributed by atoms with Gasteiger partial charge in [-0.2, -0.15) is 0 Å². The van der Waals surface area contributed by atoms with Crippen LogP contribution in [0.15, 0.2) is 52.4 Å². The predicted molar refractivity (Wildman–Crippen MR) is 114 cm³/mol. The van der Waals surface area contributed by atoms with Crippen molar-refractivity contribution in [2.75, 3.05) is 32.7 Å². The van der Waals surface area contributed by atoms with E-state index in [0.717, 1.165) is 54.0 Å². The molecule has 0 aliphatic carbocycles. The van der Waals surface area contributed by atoms with Gasteiger partial charge in [-0.25, -0.2) is 9.78 Å². The monoisotopic (exact) mass is 427 g/mol. The fourth-order valence-corrected chi connectivity index (χ4v) is 4.04. The van der Waals surface area contributed by atoms with E-state index in [4.69, 9.17) is 9.26 Å². The minimum absolute atomic E-state index is 0.293. The van der Waals surface area contributed by atoms with Crippen LogP contribution in [0, 0.1) is 6.92 Å². The van der Waals surface area contributed by atoms with Gasteiger partial charge in [0.05, 0.1) is 5.69 Å². The van der Waals surface area contributed by atoms with Gasteiger partial charge in [0.2, 0.25) is 0 Å². The summed E-state index contributed by atoms with van der Waals surface area (Å²) in [6, 6.07) is 9.59. The molecule has 1 fully saturated rings. The average Bonchev–Trinajstić information content (AvgIpc) is 3.44. The number of imidazole rings is 1. The molecular weight excluding hydrogens is 402 g/mol. The van der Waals surface area contributed by atoms with Gasteiger partial charge in [-0.15, -0.1) is 0 Å². The van der Waals surface area contributed by atoms with Gasteiger partial charge in [0.25, 0.3) is 0 Å². The summed E-state index contributed by atoms with van der Waals surface area (Å²) in [6.45, 7) is 5.79. The molecular formula is C21H25N5O3S. The molecule has 3 aromatic rings. The zero-order chi connectivity index (χ0) is 20.8. The summed E-state index contributed by atoms with van der Waals surface area (Å²) in [7, 11) is 0. The molecule has 30 heavy (non-hydrogen) atoms. The zero-order valence-corrected chi connectivity index (χ0v) is 17.7. The zero-order valence-electron chi connectivity index (χ0n) is 16.9. The first-order valence-electron chi connectivity index (χ1n) is 9.98. The number of H-pyrrole nitrogens is 1. The van der Waals surface area contributed by atoms with Crippen molar-refractivity contribution in [3.63, 3.8) is 0 Å². The number of thioether (sulfide) groups is 1. The minimum Gasteiger partial charge on any atom is -0.410 e. The van der Waals surface area contributed by atoms with Crippen LogP contribution < -0.4 is 4.74 Å². The molecule has 1 aliphatic rings. The van der Waals surface area contributed by atoms with Gasteiger partial charge < -0.3 is 19.1 Å². The van der Waals surface area contributed by atoms with Gasteiger partial charge in [-0.3, -0.25) is 4.90 Å². The topological polar surface area (TPSA) is 87.5 Å². The number of nitrogens with zero attached hydrogens (tertiary/aromatic N) is 4.